The van der Waals surface area contributed by atoms with E-state index in [9.17, 15) is 14.4 Å². The standard InChI is InChI=1S/C21H28N4O4S/c1-14-17(18(27)25(23(14)5)15-9-7-6-8-10-15)19-24(16(26)13-30-19)12-11-22-20(28)29-21(2,3)4/h6-10,19H,11-13H2,1-5H3,(H,22,28). The summed E-state index contributed by atoms with van der Waals surface area (Å²) in [7, 11) is 1.84. The second kappa shape index (κ2) is 8.59. The van der Waals surface area contributed by atoms with E-state index < -0.39 is 11.7 Å². The molecular formula is C21H28N4O4S. The molecule has 9 heteroatoms. The minimum Gasteiger partial charge on any atom is -0.444 e. The number of hydrogen-bond acceptors (Lipinski definition) is 5. The number of thioether (sulfide) groups is 1. The molecule has 2 amide bonds. The van der Waals surface area contributed by atoms with Gasteiger partial charge < -0.3 is 15.0 Å². The van der Waals surface area contributed by atoms with Crippen LogP contribution in [0.25, 0.3) is 5.69 Å². The van der Waals surface area contributed by atoms with Crippen LogP contribution in [0.5, 0.6) is 0 Å². The Balaban J connectivity index is 1.81. The van der Waals surface area contributed by atoms with Crippen molar-refractivity contribution >= 4 is 23.8 Å². The highest BCUT2D eigenvalue weighted by Crippen LogP contribution is 2.38. The van der Waals surface area contributed by atoms with Crippen molar-refractivity contribution < 1.29 is 14.3 Å². The molecule has 1 aliphatic rings. The highest BCUT2D eigenvalue weighted by Gasteiger charge is 2.37. The van der Waals surface area contributed by atoms with E-state index in [1.54, 1.807) is 30.4 Å². The lowest BCUT2D eigenvalue weighted by Crippen LogP contribution is -2.40. The molecule has 1 atom stereocenters. The Hall–Kier alpha value is -2.68. The molecule has 30 heavy (non-hydrogen) atoms. The Morgan fingerprint density at radius 2 is 1.90 bits per heavy atom. The Bertz CT molecular complexity index is 991. The summed E-state index contributed by atoms with van der Waals surface area (Å²) in [6.45, 7) is 7.81. The predicted molar refractivity (Wildman–Crippen MR) is 117 cm³/mol. The number of carbonyl (C=O) groups is 2. The molecule has 0 radical (unpaired) electrons. The minimum absolute atomic E-state index is 0.0510. The molecule has 8 nitrogen and oxygen atoms in total. The number of nitrogens with zero attached hydrogens (tertiary/aromatic N) is 3. The molecule has 3 rings (SSSR count). The van der Waals surface area contributed by atoms with Crippen LogP contribution in [-0.4, -0.2) is 50.7 Å². The lowest BCUT2D eigenvalue weighted by molar-refractivity contribution is -0.128. The van der Waals surface area contributed by atoms with Gasteiger partial charge in [-0.15, -0.1) is 11.8 Å². The molecule has 1 aliphatic heterocycles. The summed E-state index contributed by atoms with van der Waals surface area (Å²) >= 11 is 1.43. The summed E-state index contributed by atoms with van der Waals surface area (Å²) in [5, 5.41) is 2.29. The number of amides is 2. The number of alkyl carbamates (subject to hydrolysis) is 1. The van der Waals surface area contributed by atoms with Crippen LogP contribution in [0.4, 0.5) is 4.79 Å². The summed E-state index contributed by atoms with van der Waals surface area (Å²) in [4.78, 5) is 39.3. The molecule has 0 saturated carbocycles. The van der Waals surface area contributed by atoms with Crippen molar-refractivity contribution in [3.63, 3.8) is 0 Å². The molecule has 0 spiro atoms. The molecule has 2 heterocycles. The predicted octanol–water partition coefficient (Wildman–Crippen LogP) is 2.58. The summed E-state index contributed by atoms with van der Waals surface area (Å²) in [5.74, 6) is 0.251. The Morgan fingerprint density at radius 3 is 2.53 bits per heavy atom. The number of ether oxygens (including phenoxy) is 1. The summed E-state index contributed by atoms with van der Waals surface area (Å²) in [6.07, 6.45) is -0.527. The first-order chi connectivity index (χ1) is 14.1. The average Bonchev–Trinajstić information content (AvgIpc) is 3.11. The van der Waals surface area contributed by atoms with Crippen LogP contribution in [0.2, 0.25) is 0 Å². The van der Waals surface area contributed by atoms with E-state index in [1.165, 1.54) is 11.8 Å². The topological polar surface area (TPSA) is 85.6 Å². The number of nitrogens with one attached hydrogen (secondary N) is 1. The maximum atomic E-state index is 13.3. The van der Waals surface area contributed by atoms with Gasteiger partial charge >= 0.3 is 6.09 Å². The molecule has 162 valence electrons. The maximum absolute atomic E-state index is 13.3. The fourth-order valence-corrected chi connectivity index (χ4v) is 4.71. The second-order valence-corrected chi connectivity index (χ2v) is 9.22. The van der Waals surface area contributed by atoms with E-state index in [4.69, 9.17) is 4.74 Å². The van der Waals surface area contributed by atoms with Gasteiger partial charge in [0, 0.05) is 25.8 Å². The van der Waals surface area contributed by atoms with E-state index in [0.717, 1.165) is 11.4 Å². The minimum atomic E-state index is -0.588. The number of aromatic nitrogens is 2. The highest BCUT2D eigenvalue weighted by atomic mass is 32.2. The van der Waals surface area contributed by atoms with Gasteiger partial charge in [-0.2, -0.15) is 0 Å². The number of para-hydroxylation sites is 1. The lowest BCUT2D eigenvalue weighted by Gasteiger charge is -2.24. The molecule has 0 bridgehead atoms. The van der Waals surface area contributed by atoms with E-state index in [-0.39, 0.29) is 23.4 Å². The van der Waals surface area contributed by atoms with Crippen molar-refractivity contribution in [1.82, 2.24) is 19.6 Å². The molecule has 1 aromatic heterocycles. The monoisotopic (exact) mass is 432 g/mol. The van der Waals surface area contributed by atoms with Gasteiger partial charge in [0.15, 0.2) is 0 Å². The zero-order valence-electron chi connectivity index (χ0n) is 18.0. The first-order valence-corrected chi connectivity index (χ1v) is 10.9. The van der Waals surface area contributed by atoms with Crippen molar-refractivity contribution in [1.29, 1.82) is 0 Å². The quantitative estimate of drug-likeness (QED) is 0.785. The van der Waals surface area contributed by atoms with Gasteiger partial charge in [-0.05, 0) is 39.8 Å². The largest absolute Gasteiger partial charge is 0.444 e. The molecular weight excluding hydrogens is 404 g/mol. The maximum Gasteiger partial charge on any atom is 0.407 e. The smallest absolute Gasteiger partial charge is 0.407 e. The van der Waals surface area contributed by atoms with Crippen molar-refractivity contribution in [2.24, 2.45) is 7.05 Å². The van der Waals surface area contributed by atoms with Gasteiger partial charge in [0.25, 0.3) is 5.56 Å². The number of hydrogen-bond donors (Lipinski definition) is 1. The van der Waals surface area contributed by atoms with Crippen molar-refractivity contribution in [3.05, 3.63) is 51.9 Å². The second-order valence-electron chi connectivity index (χ2n) is 8.15. The summed E-state index contributed by atoms with van der Waals surface area (Å²) < 4.78 is 8.66. The van der Waals surface area contributed by atoms with E-state index in [0.29, 0.717) is 17.9 Å². The van der Waals surface area contributed by atoms with Gasteiger partial charge in [0.2, 0.25) is 5.91 Å². The van der Waals surface area contributed by atoms with Crippen LogP contribution < -0.4 is 10.9 Å². The number of rotatable bonds is 5. The summed E-state index contributed by atoms with van der Waals surface area (Å²) in [5.41, 5.74) is 1.44. The third kappa shape index (κ3) is 4.56. The normalized spacial score (nSPS) is 16.8. The van der Waals surface area contributed by atoms with Gasteiger partial charge in [0.1, 0.15) is 11.0 Å². The molecule has 0 aliphatic carbocycles. The van der Waals surface area contributed by atoms with Crippen LogP contribution >= 0.6 is 11.8 Å². The first-order valence-electron chi connectivity index (χ1n) is 9.82. The lowest BCUT2D eigenvalue weighted by atomic mass is 10.2. The molecule has 1 aromatic carbocycles. The summed E-state index contributed by atoms with van der Waals surface area (Å²) in [6, 6.07) is 9.41. The number of benzene rings is 1. The van der Waals surface area contributed by atoms with E-state index in [2.05, 4.69) is 5.32 Å². The van der Waals surface area contributed by atoms with Crippen LogP contribution in [0, 0.1) is 6.92 Å². The van der Waals surface area contributed by atoms with Gasteiger partial charge in [0.05, 0.1) is 17.0 Å². The third-order valence-corrected chi connectivity index (χ3v) is 6.05. The van der Waals surface area contributed by atoms with Crippen LogP contribution in [0.15, 0.2) is 35.1 Å². The van der Waals surface area contributed by atoms with Crippen LogP contribution in [0.1, 0.15) is 37.4 Å². The Morgan fingerprint density at radius 1 is 1.23 bits per heavy atom. The molecule has 1 fully saturated rings. The SMILES string of the molecule is Cc1c(C2SCC(=O)N2CCNC(=O)OC(C)(C)C)c(=O)n(-c2ccccc2)n1C. The van der Waals surface area contributed by atoms with Gasteiger partial charge in [-0.3, -0.25) is 14.3 Å². The van der Waals surface area contributed by atoms with E-state index in [1.807, 2.05) is 49.0 Å². The fourth-order valence-electron chi connectivity index (χ4n) is 3.40. The fraction of sp³-hybridized carbons (Fsp3) is 0.476. The van der Waals surface area contributed by atoms with Crippen LogP contribution in [0.3, 0.4) is 0 Å². The molecule has 1 saturated heterocycles. The zero-order chi connectivity index (χ0) is 22.1. The third-order valence-electron chi connectivity index (χ3n) is 4.83. The van der Waals surface area contributed by atoms with E-state index >= 15 is 0 Å². The zero-order valence-corrected chi connectivity index (χ0v) is 18.8. The van der Waals surface area contributed by atoms with Crippen molar-refractivity contribution in [3.8, 4) is 5.69 Å². The first kappa shape index (κ1) is 22.0. The van der Waals surface area contributed by atoms with Crippen LogP contribution in [-0.2, 0) is 16.6 Å². The van der Waals surface area contributed by atoms with Crippen molar-refractivity contribution in [2.45, 2.75) is 38.7 Å². The number of carbonyl (C=O) groups excluding carboxylic acids is 2. The molecule has 1 N–H and O–H groups in total. The van der Waals surface area contributed by atoms with Gasteiger partial charge in [-0.1, -0.05) is 18.2 Å². The molecule has 2 aromatic rings. The highest BCUT2D eigenvalue weighted by molar-refractivity contribution is 8.00. The Labute approximate surface area is 180 Å². The molecule has 1 unspecified atom stereocenters. The Kier molecular flexibility index (Phi) is 6.30. The van der Waals surface area contributed by atoms with Gasteiger partial charge in [-0.25, -0.2) is 9.48 Å². The van der Waals surface area contributed by atoms with Crippen molar-refractivity contribution in [2.75, 3.05) is 18.8 Å². The average molecular weight is 433 g/mol.